The summed E-state index contributed by atoms with van der Waals surface area (Å²) in [6.45, 7) is 5.35. The Bertz CT molecular complexity index is 1360. The lowest BCUT2D eigenvalue weighted by molar-refractivity contribution is -0.113. The largest absolute Gasteiger partial charge is 0.378 e. The molecule has 0 unspecified atom stereocenters. The second kappa shape index (κ2) is 9.16. The molecule has 1 aliphatic carbocycles. The third-order valence-electron chi connectivity index (χ3n) is 6.53. The van der Waals surface area contributed by atoms with Crippen molar-refractivity contribution in [2.75, 3.05) is 42.3 Å². The number of benzene rings is 1. The molecule has 1 aliphatic heterocycles. The summed E-state index contributed by atoms with van der Waals surface area (Å²) in [4.78, 5) is 22.2. The standard InChI is InChI=1S/C24H26N6O2S2/c1-15-6-7-16-19(12-15)34-23-21(16)22-27-28-24(30(22)14-25-23)33-13-20(31)26-17-4-2-3-5-18(17)29-8-10-32-11-9-29/h2-5,14-15H,6-13H2,1H3,(H,26,31)/t15-/m1/s1. The van der Waals surface area contributed by atoms with E-state index in [4.69, 9.17) is 9.72 Å². The molecule has 1 amide bonds. The molecule has 1 saturated heterocycles. The predicted molar refractivity (Wildman–Crippen MR) is 136 cm³/mol. The number of hydrogen-bond donors (Lipinski definition) is 1. The number of aryl methyl sites for hydroxylation is 1. The second-order valence-electron chi connectivity index (χ2n) is 8.91. The van der Waals surface area contributed by atoms with Gasteiger partial charge in [-0.15, -0.1) is 21.5 Å². The molecule has 1 N–H and O–H groups in total. The molecule has 176 valence electrons. The van der Waals surface area contributed by atoms with E-state index in [9.17, 15) is 4.79 Å². The van der Waals surface area contributed by atoms with Gasteiger partial charge in [0.1, 0.15) is 11.2 Å². The van der Waals surface area contributed by atoms with Crippen molar-refractivity contribution >= 4 is 56.2 Å². The monoisotopic (exact) mass is 494 g/mol. The van der Waals surface area contributed by atoms with Crippen molar-refractivity contribution in [2.45, 2.75) is 31.3 Å². The molecular formula is C24H26N6O2S2. The van der Waals surface area contributed by atoms with Crippen LogP contribution in [0.5, 0.6) is 0 Å². The van der Waals surface area contributed by atoms with Gasteiger partial charge in [0.25, 0.3) is 0 Å². The number of carbonyl (C=O) groups is 1. The maximum atomic E-state index is 12.8. The van der Waals surface area contributed by atoms with Crippen molar-refractivity contribution in [3.05, 3.63) is 41.0 Å². The van der Waals surface area contributed by atoms with Gasteiger partial charge in [0, 0.05) is 18.0 Å². The maximum Gasteiger partial charge on any atom is 0.234 e. The number of nitrogens with one attached hydrogen (secondary N) is 1. The molecule has 0 bridgehead atoms. The first-order chi connectivity index (χ1) is 16.7. The summed E-state index contributed by atoms with van der Waals surface area (Å²) in [5, 5.41) is 13.8. The Hall–Kier alpha value is -2.69. The van der Waals surface area contributed by atoms with E-state index in [1.807, 2.05) is 28.7 Å². The fraction of sp³-hybridized carbons (Fsp3) is 0.417. The highest BCUT2D eigenvalue weighted by molar-refractivity contribution is 7.99. The van der Waals surface area contributed by atoms with Gasteiger partial charge in [-0.05, 0) is 42.9 Å². The minimum Gasteiger partial charge on any atom is -0.378 e. The summed E-state index contributed by atoms with van der Waals surface area (Å²) in [6, 6.07) is 7.92. The Kier molecular flexibility index (Phi) is 5.88. The van der Waals surface area contributed by atoms with Gasteiger partial charge in [0.15, 0.2) is 10.8 Å². The van der Waals surface area contributed by atoms with Crippen molar-refractivity contribution in [1.82, 2.24) is 19.6 Å². The van der Waals surface area contributed by atoms with Crippen LogP contribution in [-0.2, 0) is 22.4 Å². The molecule has 4 heterocycles. The van der Waals surface area contributed by atoms with Crippen molar-refractivity contribution in [2.24, 2.45) is 5.92 Å². The normalized spacial score (nSPS) is 18.4. The summed E-state index contributed by atoms with van der Waals surface area (Å²) in [7, 11) is 0. The number of hydrogen-bond acceptors (Lipinski definition) is 8. The van der Waals surface area contributed by atoms with Crippen LogP contribution in [0.3, 0.4) is 0 Å². The van der Waals surface area contributed by atoms with Crippen LogP contribution < -0.4 is 10.2 Å². The number of thiophene rings is 1. The summed E-state index contributed by atoms with van der Waals surface area (Å²) < 4.78 is 7.39. The number of thioether (sulfide) groups is 1. The van der Waals surface area contributed by atoms with Gasteiger partial charge in [-0.25, -0.2) is 4.98 Å². The molecule has 1 aromatic carbocycles. The lowest BCUT2D eigenvalue weighted by Gasteiger charge is -2.30. The number of fused-ring (bicyclic) bond motifs is 5. The van der Waals surface area contributed by atoms with Gasteiger partial charge in [0.05, 0.1) is 35.7 Å². The lowest BCUT2D eigenvalue weighted by atomic mass is 9.89. The fourth-order valence-corrected chi connectivity index (χ4v) is 6.84. The Morgan fingerprint density at radius 3 is 3.00 bits per heavy atom. The predicted octanol–water partition coefficient (Wildman–Crippen LogP) is 4.03. The molecule has 0 saturated carbocycles. The number of rotatable bonds is 5. The van der Waals surface area contributed by atoms with Crippen LogP contribution in [0.2, 0.25) is 0 Å². The van der Waals surface area contributed by atoms with Crippen LogP contribution in [0, 0.1) is 5.92 Å². The number of para-hydroxylation sites is 2. The van der Waals surface area contributed by atoms with Crippen molar-refractivity contribution in [3.8, 4) is 0 Å². The third kappa shape index (κ3) is 4.03. The number of anilines is 2. The van der Waals surface area contributed by atoms with E-state index in [-0.39, 0.29) is 11.7 Å². The SMILES string of the molecule is C[C@@H]1CCc2c(sc3ncn4c(SCC(=O)Nc5ccccc5N5CCOCC5)nnc4c23)C1. The van der Waals surface area contributed by atoms with Crippen molar-refractivity contribution in [3.63, 3.8) is 0 Å². The molecule has 4 aromatic rings. The summed E-state index contributed by atoms with van der Waals surface area (Å²) in [5.41, 5.74) is 4.08. The molecule has 2 aliphatic rings. The van der Waals surface area contributed by atoms with Gasteiger partial charge in [0.2, 0.25) is 5.91 Å². The topological polar surface area (TPSA) is 84.7 Å². The van der Waals surface area contributed by atoms with Crippen LogP contribution in [-0.4, -0.2) is 57.5 Å². The number of nitrogens with zero attached hydrogens (tertiary/aromatic N) is 5. The number of ether oxygens (including phenoxy) is 1. The molecule has 10 heteroatoms. The Labute approximate surface area is 205 Å². The zero-order valence-corrected chi connectivity index (χ0v) is 20.6. The van der Waals surface area contributed by atoms with Crippen LogP contribution in [0.15, 0.2) is 35.7 Å². The van der Waals surface area contributed by atoms with E-state index < -0.39 is 0 Å². The number of aromatic nitrogens is 4. The first-order valence-corrected chi connectivity index (χ1v) is 13.5. The van der Waals surface area contributed by atoms with E-state index in [2.05, 4.69) is 27.3 Å². The van der Waals surface area contributed by atoms with Crippen molar-refractivity contribution < 1.29 is 9.53 Å². The van der Waals surface area contributed by atoms with Crippen LogP contribution >= 0.6 is 23.1 Å². The first-order valence-electron chi connectivity index (χ1n) is 11.7. The second-order valence-corrected chi connectivity index (χ2v) is 10.9. The first kappa shape index (κ1) is 21.8. The van der Waals surface area contributed by atoms with Gasteiger partial charge in [-0.2, -0.15) is 0 Å². The van der Waals surface area contributed by atoms with Gasteiger partial charge in [-0.1, -0.05) is 30.8 Å². The average molecular weight is 495 g/mol. The molecule has 6 rings (SSSR count). The fourth-order valence-electron chi connectivity index (χ4n) is 4.79. The molecule has 0 radical (unpaired) electrons. The highest BCUT2D eigenvalue weighted by Crippen LogP contribution is 2.39. The van der Waals surface area contributed by atoms with Crippen LogP contribution in [0.25, 0.3) is 15.9 Å². The van der Waals surface area contributed by atoms with Crippen LogP contribution in [0.1, 0.15) is 23.8 Å². The van der Waals surface area contributed by atoms with Crippen LogP contribution in [0.4, 0.5) is 11.4 Å². The number of carbonyl (C=O) groups excluding carboxylic acids is 1. The Morgan fingerprint density at radius 2 is 2.12 bits per heavy atom. The van der Waals surface area contributed by atoms with Gasteiger partial charge in [-0.3, -0.25) is 9.20 Å². The maximum absolute atomic E-state index is 12.8. The Morgan fingerprint density at radius 1 is 1.26 bits per heavy atom. The highest BCUT2D eigenvalue weighted by atomic mass is 32.2. The average Bonchev–Trinajstić information content (AvgIpc) is 3.44. The molecule has 34 heavy (non-hydrogen) atoms. The molecule has 1 atom stereocenters. The van der Waals surface area contributed by atoms with Crippen molar-refractivity contribution in [1.29, 1.82) is 0 Å². The van der Waals surface area contributed by atoms with Gasteiger partial charge >= 0.3 is 0 Å². The molecule has 3 aromatic heterocycles. The van der Waals surface area contributed by atoms with E-state index in [1.165, 1.54) is 28.6 Å². The minimum atomic E-state index is -0.0709. The molecular weight excluding hydrogens is 468 g/mol. The molecule has 8 nitrogen and oxygen atoms in total. The zero-order valence-electron chi connectivity index (χ0n) is 19.0. The zero-order chi connectivity index (χ0) is 23.1. The number of morpholine rings is 1. The smallest absolute Gasteiger partial charge is 0.234 e. The quantitative estimate of drug-likeness (QED) is 0.419. The highest BCUT2D eigenvalue weighted by Gasteiger charge is 2.24. The summed E-state index contributed by atoms with van der Waals surface area (Å²) in [5.74, 6) is 0.890. The summed E-state index contributed by atoms with van der Waals surface area (Å²) in [6.07, 6.45) is 5.17. The van der Waals surface area contributed by atoms with Gasteiger partial charge < -0.3 is 15.0 Å². The molecule has 0 spiro atoms. The van der Waals surface area contributed by atoms with E-state index in [1.54, 1.807) is 17.7 Å². The molecule has 1 fully saturated rings. The lowest BCUT2D eigenvalue weighted by Crippen LogP contribution is -2.36. The Balaban J connectivity index is 1.19. The summed E-state index contributed by atoms with van der Waals surface area (Å²) >= 11 is 3.17. The van der Waals surface area contributed by atoms with E-state index >= 15 is 0 Å². The number of amides is 1. The van der Waals surface area contributed by atoms with E-state index in [0.29, 0.717) is 24.3 Å². The minimum absolute atomic E-state index is 0.0709. The van der Waals surface area contributed by atoms with E-state index in [0.717, 1.165) is 53.2 Å². The third-order valence-corrected chi connectivity index (χ3v) is 8.64.